The van der Waals surface area contributed by atoms with Gasteiger partial charge < -0.3 is 9.30 Å². The van der Waals surface area contributed by atoms with Crippen molar-refractivity contribution in [2.45, 2.75) is 30.3 Å². The summed E-state index contributed by atoms with van der Waals surface area (Å²) >= 11 is 0. The highest BCUT2D eigenvalue weighted by molar-refractivity contribution is 7.89. The second kappa shape index (κ2) is 6.42. The normalized spacial score (nSPS) is 16.6. The van der Waals surface area contributed by atoms with Crippen molar-refractivity contribution in [3.8, 4) is 0 Å². The van der Waals surface area contributed by atoms with Crippen LogP contribution in [0.5, 0.6) is 0 Å². The molecular formula is C14H21N5O3S. The molecule has 0 bridgehead atoms. The van der Waals surface area contributed by atoms with Crippen LogP contribution in [0.3, 0.4) is 0 Å². The van der Waals surface area contributed by atoms with Crippen LogP contribution in [-0.4, -0.2) is 41.5 Å². The van der Waals surface area contributed by atoms with Crippen LogP contribution in [0.2, 0.25) is 0 Å². The number of hydrogen-bond donors (Lipinski definition) is 1. The lowest BCUT2D eigenvalue weighted by Crippen LogP contribution is -2.31. The lowest BCUT2D eigenvalue weighted by Gasteiger charge is -2.17. The van der Waals surface area contributed by atoms with E-state index >= 15 is 0 Å². The Morgan fingerprint density at radius 3 is 2.87 bits per heavy atom. The Balaban J connectivity index is 1.79. The van der Waals surface area contributed by atoms with Crippen LogP contribution in [0.1, 0.15) is 24.7 Å². The van der Waals surface area contributed by atoms with Crippen molar-refractivity contribution < 1.29 is 13.2 Å². The van der Waals surface area contributed by atoms with Crippen LogP contribution >= 0.6 is 0 Å². The van der Waals surface area contributed by atoms with Crippen molar-refractivity contribution in [3.63, 3.8) is 0 Å². The van der Waals surface area contributed by atoms with Gasteiger partial charge in [0.05, 0.1) is 25.4 Å². The summed E-state index contributed by atoms with van der Waals surface area (Å²) in [6, 6.07) is -0.303. The third-order valence-electron chi connectivity index (χ3n) is 3.96. The number of imidazole rings is 1. The number of nitrogens with zero attached hydrogens (tertiary/aromatic N) is 4. The maximum atomic E-state index is 12.6. The van der Waals surface area contributed by atoms with Crippen LogP contribution < -0.4 is 4.72 Å². The van der Waals surface area contributed by atoms with E-state index < -0.39 is 10.0 Å². The van der Waals surface area contributed by atoms with Crippen molar-refractivity contribution in [3.05, 3.63) is 30.6 Å². The molecule has 0 radical (unpaired) electrons. The third-order valence-corrected chi connectivity index (χ3v) is 5.35. The van der Waals surface area contributed by atoms with Crippen molar-refractivity contribution in [1.29, 1.82) is 0 Å². The molecule has 0 amide bonds. The van der Waals surface area contributed by atoms with Crippen molar-refractivity contribution in [1.82, 2.24) is 24.1 Å². The van der Waals surface area contributed by atoms with Gasteiger partial charge in [-0.15, -0.1) is 0 Å². The Morgan fingerprint density at radius 2 is 2.26 bits per heavy atom. The molecule has 2 aromatic rings. The van der Waals surface area contributed by atoms with Gasteiger partial charge in [-0.05, 0) is 18.8 Å². The summed E-state index contributed by atoms with van der Waals surface area (Å²) in [6.07, 6.45) is 8.40. The molecule has 3 rings (SSSR count). The zero-order chi connectivity index (χ0) is 16.4. The minimum absolute atomic E-state index is 0.161. The lowest BCUT2D eigenvalue weighted by molar-refractivity contribution is 0.183. The fourth-order valence-corrected chi connectivity index (χ4v) is 3.71. The second-order valence-electron chi connectivity index (χ2n) is 5.76. The predicted octanol–water partition coefficient (Wildman–Crippen LogP) is 0.693. The molecule has 2 heterocycles. The minimum Gasteiger partial charge on any atom is -0.383 e. The highest BCUT2D eigenvalue weighted by Gasteiger charge is 2.37. The zero-order valence-corrected chi connectivity index (χ0v) is 14.0. The Labute approximate surface area is 135 Å². The van der Waals surface area contributed by atoms with Gasteiger partial charge in [0, 0.05) is 32.7 Å². The number of aryl methyl sites for hydroxylation is 1. The number of aromatic nitrogens is 4. The number of nitrogens with one attached hydrogen (secondary N) is 1. The first kappa shape index (κ1) is 16.2. The van der Waals surface area contributed by atoms with Gasteiger partial charge in [-0.1, -0.05) is 0 Å². The number of hydrogen-bond acceptors (Lipinski definition) is 5. The van der Waals surface area contributed by atoms with Crippen molar-refractivity contribution >= 4 is 10.0 Å². The van der Waals surface area contributed by atoms with Gasteiger partial charge in [0.2, 0.25) is 10.0 Å². The van der Waals surface area contributed by atoms with E-state index in [1.807, 2.05) is 17.8 Å². The predicted molar refractivity (Wildman–Crippen MR) is 83.1 cm³/mol. The first-order chi connectivity index (χ1) is 11.0. The van der Waals surface area contributed by atoms with Crippen molar-refractivity contribution in [2.24, 2.45) is 13.0 Å². The fourth-order valence-electron chi connectivity index (χ4n) is 2.49. The van der Waals surface area contributed by atoms with E-state index in [9.17, 15) is 8.42 Å². The van der Waals surface area contributed by atoms with E-state index in [4.69, 9.17) is 4.74 Å². The molecule has 1 aliphatic carbocycles. The van der Waals surface area contributed by atoms with Gasteiger partial charge in [0.15, 0.2) is 0 Å². The summed E-state index contributed by atoms with van der Waals surface area (Å²) in [6.45, 7) is 0.990. The molecule has 0 spiro atoms. The van der Waals surface area contributed by atoms with E-state index in [0.717, 1.165) is 18.7 Å². The number of sulfonamides is 1. The van der Waals surface area contributed by atoms with E-state index in [1.54, 1.807) is 18.0 Å². The van der Waals surface area contributed by atoms with Crippen LogP contribution in [-0.2, 0) is 28.4 Å². The van der Waals surface area contributed by atoms with Gasteiger partial charge in [-0.2, -0.15) is 5.10 Å². The molecule has 1 N–H and O–H groups in total. The molecule has 0 aromatic carbocycles. The van der Waals surface area contributed by atoms with Crippen LogP contribution in [0, 0.1) is 5.92 Å². The average Bonchev–Trinajstić information content (AvgIpc) is 3.08. The molecular weight excluding hydrogens is 318 g/mol. The summed E-state index contributed by atoms with van der Waals surface area (Å²) in [5.41, 5.74) is 0. The van der Waals surface area contributed by atoms with Crippen LogP contribution in [0.15, 0.2) is 29.7 Å². The first-order valence-electron chi connectivity index (χ1n) is 7.52. The first-order valence-corrected chi connectivity index (χ1v) is 9.00. The summed E-state index contributed by atoms with van der Waals surface area (Å²) in [7, 11) is -0.176. The SMILES string of the molecule is COCCn1cc(S(=O)(=O)NC(c2nccn2C)C2CC2)cn1. The van der Waals surface area contributed by atoms with Gasteiger partial charge in [0.1, 0.15) is 10.7 Å². The molecule has 23 heavy (non-hydrogen) atoms. The van der Waals surface area contributed by atoms with Gasteiger partial charge in [0.25, 0.3) is 0 Å². The highest BCUT2D eigenvalue weighted by atomic mass is 32.2. The molecule has 0 saturated heterocycles. The Bertz CT molecular complexity index is 763. The molecule has 1 aliphatic rings. The summed E-state index contributed by atoms with van der Waals surface area (Å²) < 4.78 is 36.4. The Kier molecular flexibility index (Phi) is 4.51. The lowest BCUT2D eigenvalue weighted by atomic mass is 10.2. The fraction of sp³-hybridized carbons (Fsp3) is 0.571. The monoisotopic (exact) mass is 339 g/mol. The zero-order valence-electron chi connectivity index (χ0n) is 13.2. The molecule has 126 valence electrons. The maximum absolute atomic E-state index is 12.6. The topological polar surface area (TPSA) is 91.0 Å². The van der Waals surface area contributed by atoms with Gasteiger partial charge in [-0.3, -0.25) is 4.68 Å². The molecule has 2 aromatic heterocycles. The Morgan fingerprint density at radius 1 is 1.48 bits per heavy atom. The molecule has 9 heteroatoms. The second-order valence-corrected chi connectivity index (χ2v) is 7.48. The molecule has 1 saturated carbocycles. The largest absolute Gasteiger partial charge is 0.383 e. The van der Waals surface area contributed by atoms with Gasteiger partial charge in [-0.25, -0.2) is 18.1 Å². The van der Waals surface area contributed by atoms with Gasteiger partial charge >= 0.3 is 0 Å². The molecule has 0 aliphatic heterocycles. The molecule has 1 fully saturated rings. The van der Waals surface area contributed by atoms with E-state index in [0.29, 0.717) is 19.1 Å². The summed E-state index contributed by atoms with van der Waals surface area (Å²) in [5, 5.41) is 4.06. The third kappa shape index (κ3) is 3.62. The molecule has 1 unspecified atom stereocenters. The smallest absolute Gasteiger partial charge is 0.244 e. The van der Waals surface area contributed by atoms with Crippen LogP contribution in [0.25, 0.3) is 0 Å². The summed E-state index contributed by atoms with van der Waals surface area (Å²) in [5.74, 6) is 1.04. The molecule has 1 atom stereocenters. The highest BCUT2D eigenvalue weighted by Crippen LogP contribution is 2.41. The van der Waals surface area contributed by atoms with E-state index in [-0.39, 0.29) is 10.9 Å². The summed E-state index contributed by atoms with van der Waals surface area (Å²) in [4.78, 5) is 4.46. The molecule has 8 nitrogen and oxygen atoms in total. The number of methoxy groups -OCH3 is 1. The number of ether oxygens (including phenoxy) is 1. The number of rotatable bonds is 8. The van der Waals surface area contributed by atoms with E-state index in [1.165, 1.54) is 12.4 Å². The average molecular weight is 339 g/mol. The van der Waals surface area contributed by atoms with E-state index in [2.05, 4.69) is 14.8 Å². The minimum atomic E-state index is -3.64. The maximum Gasteiger partial charge on any atom is 0.244 e. The standard InChI is InChI=1S/C14H21N5O3S/c1-18-6-5-15-14(18)13(11-3-4-11)17-23(20,21)12-9-16-19(10-12)7-8-22-2/h5-6,9-11,13,17H,3-4,7-8H2,1-2H3. The van der Waals surface area contributed by atoms with Crippen LogP contribution in [0.4, 0.5) is 0 Å². The van der Waals surface area contributed by atoms with Crippen molar-refractivity contribution in [2.75, 3.05) is 13.7 Å². The Hall–Kier alpha value is -1.71. The quantitative estimate of drug-likeness (QED) is 0.764.